The van der Waals surface area contributed by atoms with Gasteiger partial charge in [0.05, 0.1) is 18.4 Å². The number of methoxy groups -OCH3 is 1. The predicted molar refractivity (Wildman–Crippen MR) is 97.7 cm³/mol. The Balaban J connectivity index is 1.90. The number of hydrogen-bond donors (Lipinski definition) is 1. The molecule has 4 nitrogen and oxygen atoms in total. The largest absolute Gasteiger partial charge is 0.465 e. The van der Waals surface area contributed by atoms with Gasteiger partial charge in [-0.1, -0.05) is 18.2 Å². The molecule has 1 N–H and O–H groups in total. The van der Waals surface area contributed by atoms with E-state index in [1.165, 1.54) is 18.2 Å². The molecule has 0 atom stereocenters. The molecular formula is C19H21NO3S. The maximum Gasteiger partial charge on any atom is 0.339 e. The first-order chi connectivity index (χ1) is 11.5. The van der Waals surface area contributed by atoms with Crippen LogP contribution in [0.15, 0.2) is 47.4 Å². The van der Waals surface area contributed by atoms with E-state index in [2.05, 4.69) is 37.4 Å². The second-order valence-corrected chi connectivity index (χ2v) is 6.60. The number of aryl methyl sites for hydroxylation is 2. The predicted octanol–water partition coefficient (Wildman–Crippen LogP) is 4.21. The minimum Gasteiger partial charge on any atom is -0.465 e. The highest BCUT2D eigenvalue weighted by atomic mass is 32.2. The molecule has 0 aromatic heterocycles. The van der Waals surface area contributed by atoms with Gasteiger partial charge in [-0.05, 0) is 49.2 Å². The fourth-order valence-electron chi connectivity index (χ4n) is 2.16. The van der Waals surface area contributed by atoms with Crippen LogP contribution in [-0.2, 0) is 9.53 Å². The van der Waals surface area contributed by atoms with Gasteiger partial charge in [-0.15, -0.1) is 11.8 Å². The van der Waals surface area contributed by atoms with Gasteiger partial charge in [0.1, 0.15) is 0 Å². The molecule has 0 heterocycles. The lowest BCUT2D eigenvalue weighted by molar-refractivity contribution is -0.115. The molecule has 0 unspecified atom stereocenters. The third-order valence-corrected chi connectivity index (χ3v) is 4.68. The summed E-state index contributed by atoms with van der Waals surface area (Å²) < 4.78 is 4.72. The number of anilines is 1. The van der Waals surface area contributed by atoms with E-state index in [1.807, 2.05) is 0 Å². The highest BCUT2D eigenvalue weighted by Gasteiger charge is 2.13. The van der Waals surface area contributed by atoms with Crippen LogP contribution in [0.25, 0.3) is 0 Å². The van der Waals surface area contributed by atoms with Crippen LogP contribution in [0, 0.1) is 13.8 Å². The maximum atomic E-state index is 12.1. The SMILES string of the molecule is COC(=O)c1ccccc1NC(=O)CCSc1ccc(C)c(C)c1. The Morgan fingerprint density at radius 2 is 1.83 bits per heavy atom. The molecule has 24 heavy (non-hydrogen) atoms. The van der Waals surface area contributed by atoms with E-state index in [4.69, 9.17) is 4.74 Å². The van der Waals surface area contributed by atoms with E-state index in [0.29, 0.717) is 23.4 Å². The Bertz CT molecular complexity index is 743. The normalized spacial score (nSPS) is 10.3. The fourth-order valence-corrected chi connectivity index (χ4v) is 3.11. The monoisotopic (exact) mass is 343 g/mol. The fraction of sp³-hybridized carbons (Fsp3) is 0.263. The van der Waals surface area contributed by atoms with Crippen LogP contribution in [0.2, 0.25) is 0 Å². The molecule has 0 aliphatic heterocycles. The molecule has 0 spiro atoms. The van der Waals surface area contributed by atoms with Crippen LogP contribution in [0.5, 0.6) is 0 Å². The van der Waals surface area contributed by atoms with E-state index >= 15 is 0 Å². The second-order valence-electron chi connectivity index (χ2n) is 5.43. The molecule has 0 radical (unpaired) electrons. The molecule has 5 heteroatoms. The molecule has 0 bridgehead atoms. The van der Waals surface area contributed by atoms with E-state index in [9.17, 15) is 9.59 Å². The standard InChI is InChI=1S/C19H21NO3S/c1-13-8-9-15(12-14(13)2)24-11-10-18(21)20-17-7-5-4-6-16(17)19(22)23-3/h4-9,12H,10-11H2,1-3H3,(H,20,21). The molecule has 2 aromatic carbocycles. The number of carbonyl (C=O) groups is 2. The highest BCUT2D eigenvalue weighted by molar-refractivity contribution is 7.99. The van der Waals surface area contributed by atoms with E-state index in [0.717, 1.165) is 4.90 Å². The summed E-state index contributed by atoms with van der Waals surface area (Å²) in [6.45, 7) is 4.16. The van der Waals surface area contributed by atoms with Gasteiger partial charge < -0.3 is 10.1 Å². The van der Waals surface area contributed by atoms with Crippen molar-refractivity contribution in [1.82, 2.24) is 0 Å². The van der Waals surface area contributed by atoms with Crippen molar-refractivity contribution in [2.75, 3.05) is 18.2 Å². The first kappa shape index (κ1) is 18.1. The first-order valence-electron chi connectivity index (χ1n) is 7.68. The zero-order valence-electron chi connectivity index (χ0n) is 14.1. The van der Waals surface area contributed by atoms with Crippen LogP contribution < -0.4 is 5.32 Å². The smallest absolute Gasteiger partial charge is 0.339 e. The van der Waals surface area contributed by atoms with Gasteiger partial charge in [0.25, 0.3) is 0 Å². The number of hydrogen-bond acceptors (Lipinski definition) is 4. The van der Waals surface area contributed by atoms with E-state index in [1.54, 1.807) is 36.0 Å². The molecule has 0 aliphatic carbocycles. The van der Waals surface area contributed by atoms with Crippen molar-refractivity contribution >= 4 is 29.3 Å². The summed E-state index contributed by atoms with van der Waals surface area (Å²) in [6, 6.07) is 13.1. The number of amides is 1. The van der Waals surface area contributed by atoms with Crippen LogP contribution in [0.4, 0.5) is 5.69 Å². The number of thioether (sulfide) groups is 1. The van der Waals surface area contributed by atoms with Gasteiger partial charge in [-0.2, -0.15) is 0 Å². The quantitative estimate of drug-likeness (QED) is 0.630. The number of carbonyl (C=O) groups excluding carboxylic acids is 2. The molecule has 2 aromatic rings. The summed E-state index contributed by atoms with van der Waals surface area (Å²) in [6.07, 6.45) is 0.368. The third kappa shape index (κ3) is 4.86. The molecule has 0 saturated heterocycles. The summed E-state index contributed by atoms with van der Waals surface area (Å²) in [5, 5.41) is 2.78. The number of para-hydroxylation sites is 1. The zero-order chi connectivity index (χ0) is 17.5. The first-order valence-corrected chi connectivity index (χ1v) is 8.67. The van der Waals surface area contributed by atoms with Crippen molar-refractivity contribution in [2.24, 2.45) is 0 Å². The minimum atomic E-state index is -0.463. The van der Waals surface area contributed by atoms with Crippen LogP contribution >= 0.6 is 11.8 Å². The second kappa shape index (κ2) is 8.55. The summed E-state index contributed by atoms with van der Waals surface area (Å²) in [5.41, 5.74) is 3.34. The van der Waals surface area contributed by atoms with Gasteiger partial charge >= 0.3 is 5.97 Å². The maximum absolute atomic E-state index is 12.1. The van der Waals surface area contributed by atoms with Crippen LogP contribution in [0.3, 0.4) is 0 Å². The summed E-state index contributed by atoms with van der Waals surface area (Å²) in [5.74, 6) is 0.0902. The molecule has 0 saturated carbocycles. The number of nitrogens with one attached hydrogen (secondary N) is 1. The lowest BCUT2D eigenvalue weighted by Crippen LogP contribution is -2.15. The van der Waals surface area contributed by atoms with Crippen molar-refractivity contribution in [2.45, 2.75) is 25.2 Å². The molecule has 2 rings (SSSR count). The third-order valence-electron chi connectivity index (χ3n) is 3.68. The molecular weight excluding hydrogens is 322 g/mol. The van der Waals surface area contributed by atoms with Crippen molar-refractivity contribution < 1.29 is 14.3 Å². The molecule has 126 valence electrons. The number of esters is 1. The van der Waals surface area contributed by atoms with Crippen LogP contribution in [-0.4, -0.2) is 24.7 Å². The number of rotatable bonds is 6. The van der Waals surface area contributed by atoms with Gasteiger partial charge in [0.15, 0.2) is 0 Å². The number of benzene rings is 2. The Kier molecular flexibility index (Phi) is 6.44. The molecule has 0 fully saturated rings. The molecule has 0 aliphatic rings. The topological polar surface area (TPSA) is 55.4 Å². The summed E-state index contributed by atoms with van der Waals surface area (Å²) in [7, 11) is 1.32. The van der Waals surface area contributed by atoms with Crippen LogP contribution in [0.1, 0.15) is 27.9 Å². The van der Waals surface area contributed by atoms with E-state index in [-0.39, 0.29) is 5.91 Å². The number of ether oxygens (including phenoxy) is 1. The molecule has 1 amide bonds. The Labute approximate surface area is 146 Å². The summed E-state index contributed by atoms with van der Waals surface area (Å²) in [4.78, 5) is 25.0. The van der Waals surface area contributed by atoms with Gasteiger partial charge in [0, 0.05) is 17.1 Å². The lowest BCUT2D eigenvalue weighted by atomic mass is 10.1. The van der Waals surface area contributed by atoms with Gasteiger partial charge in [0.2, 0.25) is 5.91 Å². The Morgan fingerprint density at radius 1 is 1.08 bits per heavy atom. The average Bonchev–Trinajstić information content (AvgIpc) is 2.58. The van der Waals surface area contributed by atoms with Gasteiger partial charge in [-0.25, -0.2) is 4.79 Å². The van der Waals surface area contributed by atoms with Crippen molar-refractivity contribution in [3.05, 3.63) is 59.2 Å². The van der Waals surface area contributed by atoms with Crippen molar-refractivity contribution in [3.63, 3.8) is 0 Å². The Hall–Kier alpha value is -2.27. The minimum absolute atomic E-state index is 0.123. The van der Waals surface area contributed by atoms with E-state index < -0.39 is 5.97 Å². The summed E-state index contributed by atoms with van der Waals surface area (Å²) >= 11 is 1.64. The van der Waals surface area contributed by atoms with Gasteiger partial charge in [-0.3, -0.25) is 4.79 Å². The van der Waals surface area contributed by atoms with Crippen molar-refractivity contribution in [1.29, 1.82) is 0 Å². The highest BCUT2D eigenvalue weighted by Crippen LogP contribution is 2.22. The average molecular weight is 343 g/mol. The Morgan fingerprint density at radius 3 is 2.54 bits per heavy atom. The van der Waals surface area contributed by atoms with Crippen molar-refractivity contribution in [3.8, 4) is 0 Å². The zero-order valence-corrected chi connectivity index (χ0v) is 14.9. The lowest BCUT2D eigenvalue weighted by Gasteiger charge is -2.09.